The van der Waals surface area contributed by atoms with Crippen LogP contribution in [0.3, 0.4) is 0 Å². The Morgan fingerprint density at radius 2 is 1.77 bits per heavy atom. The summed E-state index contributed by atoms with van der Waals surface area (Å²) in [4.78, 5) is 37.8. The molecule has 3 N–H and O–H groups in total. The quantitative estimate of drug-likeness (QED) is 0.375. The lowest BCUT2D eigenvalue weighted by Gasteiger charge is -2.31. The minimum absolute atomic E-state index is 0.163. The Labute approximate surface area is 210 Å². The monoisotopic (exact) mass is 488 g/mol. The molecule has 35 heavy (non-hydrogen) atoms. The average Bonchev–Trinajstić information content (AvgIpc) is 3.36. The minimum atomic E-state index is -0.865. The summed E-state index contributed by atoms with van der Waals surface area (Å²) in [7, 11) is 1.55. The third-order valence-electron chi connectivity index (χ3n) is 6.92. The van der Waals surface area contributed by atoms with Crippen molar-refractivity contribution in [2.75, 3.05) is 13.7 Å². The van der Waals surface area contributed by atoms with E-state index >= 15 is 0 Å². The highest BCUT2D eigenvalue weighted by Crippen LogP contribution is 2.29. The molecule has 0 radical (unpaired) electrons. The van der Waals surface area contributed by atoms with E-state index in [4.69, 9.17) is 4.74 Å². The first kappa shape index (κ1) is 28.8. The first-order chi connectivity index (χ1) is 16.6. The van der Waals surface area contributed by atoms with Crippen molar-refractivity contribution in [3.8, 4) is 0 Å². The number of carboxylic acids is 1. The molecule has 1 aromatic rings. The van der Waals surface area contributed by atoms with E-state index in [1.54, 1.807) is 7.05 Å². The largest absolute Gasteiger partial charge is 0.481 e. The van der Waals surface area contributed by atoms with E-state index in [9.17, 15) is 19.5 Å². The van der Waals surface area contributed by atoms with Gasteiger partial charge >= 0.3 is 5.97 Å². The van der Waals surface area contributed by atoms with Crippen LogP contribution < -0.4 is 10.6 Å². The van der Waals surface area contributed by atoms with Gasteiger partial charge < -0.3 is 20.5 Å². The smallest absolute Gasteiger partial charge is 0.306 e. The Kier molecular flexibility index (Phi) is 11.2. The fraction of sp³-hybridized carbons (Fsp3) is 0.679. The number of unbranched alkanes of at least 4 members (excludes halogenated alkanes) is 1. The Balaban J connectivity index is 2.16. The molecule has 0 aliphatic carbocycles. The summed E-state index contributed by atoms with van der Waals surface area (Å²) in [6.45, 7) is 8.54. The van der Waals surface area contributed by atoms with Crippen LogP contribution in [-0.2, 0) is 25.5 Å². The van der Waals surface area contributed by atoms with E-state index in [2.05, 4.69) is 34.9 Å². The molecule has 1 saturated heterocycles. The zero-order chi connectivity index (χ0) is 26.0. The van der Waals surface area contributed by atoms with E-state index in [-0.39, 0.29) is 24.3 Å². The van der Waals surface area contributed by atoms with E-state index in [0.29, 0.717) is 19.3 Å². The SMILES string of the molecule is CCCC[C@@H](C[C@@H](CCc1ccc(C2CCCO2)cc1)C(=O)N[C@H](C(=O)NC)C(C)(C)C)C(=O)O. The van der Waals surface area contributed by atoms with E-state index < -0.39 is 29.3 Å². The zero-order valence-corrected chi connectivity index (χ0v) is 22.1. The summed E-state index contributed by atoms with van der Waals surface area (Å²) >= 11 is 0. The van der Waals surface area contributed by atoms with Gasteiger partial charge in [-0.15, -0.1) is 0 Å². The molecular weight excluding hydrogens is 444 g/mol. The molecule has 7 nitrogen and oxygen atoms in total. The lowest BCUT2D eigenvalue weighted by Crippen LogP contribution is -2.54. The Bertz CT molecular complexity index is 825. The molecule has 0 saturated carbocycles. The third kappa shape index (κ3) is 8.95. The van der Waals surface area contributed by atoms with Crippen LogP contribution in [0.4, 0.5) is 0 Å². The van der Waals surface area contributed by atoms with Crippen molar-refractivity contribution < 1.29 is 24.2 Å². The molecule has 1 unspecified atom stereocenters. The van der Waals surface area contributed by atoms with Crippen molar-refractivity contribution in [3.05, 3.63) is 35.4 Å². The third-order valence-corrected chi connectivity index (χ3v) is 6.92. The summed E-state index contributed by atoms with van der Waals surface area (Å²) in [6.07, 6.45) is 5.98. The number of carbonyl (C=O) groups is 3. The van der Waals surface area contributed by atoms with Crippen LogP contribution in [0, 0.1) is 17.3 Å². The van der Waals surface area contributed by atoms with Gasteiger partial charge in [-0.1, -0.05) is 64.8 Å². The highest BCUT2D eigenvalue weighted by atomic mass is 16.5. The molecule has 7 heteroatoms. The van der Waals surface area contributed by atoms with Gasteiger partial charge in [0, 0.05) is 19.6 Å². The summed E-state index contributed by atoms with van der Waals surface area (Å²) < 4.78 is 5.76. The molecule has 1 fully saturated rings. The van der Waals surface area contributed by atoms with Gasteiger partial charge in [0.25, 0.3) is 0 Å². The standard InChI is InChI=1S/C28H44N2O5/c1-6-7-9-22(27(33)34)18-21(25(31)30-24(26(32)29-5)28(2,3)4)16-13-19-11-14-20(15-12-19)23-10-8-17-35-23/h11-12,14-15,21-24H,6-10,13,16-18H2,1-5H3,(H,29,32)(H,30,31)(H,33,34)/t21-,22+,23?,24-/m1/s1. The van der Waals surface area contributed by atoms with Crippen LogP contribution in [0.5, 0.6) is 0 Å². The molecule has 0 aromatic heterocycles. The van der Waals surface area contributed by atoms with Crippen molar-refractivity contribution >= 4 is 17.8 Å². The van der Waals surface area contributed by atoms with Crippen LogP contribution in [0.1, 0.15) is 89.9 Å². The average molecular weight is 489 g/mol. The molecule has 1 aromatic carbocycles. The van der Waals surface area contributed by atoms with Gasteiger partial charge in [0.05, 0.1) is 12.0 Å². The predicted molar refractivity (Wildman–Crippen MR) is 137 cm³/mol. The van der Waals surface area contributed by atoms with Gasteiger partial charge in [-0.25, -0.2) is 0 Å². The maximum absolute atomic E-state index is 13.4. The number of carbonyl (C=O) groups excluding carboxylic acids is 2. The van der Waals surface area contributed by atoms with Crippen molar-refractivity contribution in [1.82, 2.24) is 10.6 Å². The van der Waals surface area contributed by atoms with E-state index in [1.807, 2.05) is 27.7 Å². The fourth-order valence-electron chi connectivity index (χ4n) is 4.65. The van der Waals surface area contributed by atoms with Gasteiger partial charge in [-0.05, 0) is 55.1 Å². The van der Waals surface area contributed by atoms with Gasteiger partial charge in [0.2, 0.25) is 11.8 Å². The van der Waals surface area contributed by atoms with Crippen molar-refractivity contribution in [1.29, 1.82) is 0 Å². The van der Waals surface area contributed by atoms with Crippen molar-refractivity contribution in [2.24, 2.45) is 17.3 Å². The number of amides is 2. The number of rotatable bonds is 13. The molecule has 1 aliphatic rings. The number of benzene rings is 1. The lowest BCUT2D eigenvalue weighted by molar-refractivity contribution is -0.143. The highest BCUT2D eigenvalue weighted by Gasteiger charge is 2.35. The fourth-order valence-corrected chi connectivity index (χ4v) is 4.65. The van der Waals surface area contributed by atoms with Gasteiger partial charge in [-0.3, -0.25) is 14.4 Å². The topological polar surface area (TPSA) is 105 Å². The first-order valence-corrected chi connectivity index (χ1v) is 13.0. The number of hydrogen-bond donors (Lipinski definition) is 3. The van der Waals surface area contributed by atoms with Gasteiger partial charge in [-0.2, -0.15) is 0 Å². The van der Waals surface area contributed by atoms with Gasteiger partial charge in [0.1, 0.15) is 6.04 Å². The van der Waals surface area contributed by atoms with Gasteiger partial charge in [0.15, 0.2) is 0 Å². The lowest BCUT2D eigenvalue weighted by atomic mass is 9.83. The summed E-state index contributed by atoms with van der Waals surface area (Å²) in [5.74, 6) is -2.46. The molecule has 0 spiro atoms. The molecule has 2 amide bonds. The first-order valence-electron chi connectivity index (χ1n) is 13.0. The van der Waals surface area contributed by atoms with Crippen LogP contribution >= 0.6 is 0 Å². The van der Waals surface area contributed by atoms with Crippen LogP contribution in [-0.4, -0.2) is 42.6 Å². The highest BCUT2D eigenvalue weighted by molar-refractivity contribution is 5.89. The number of likely N-dealkylation sites (N-methyl/N-ethyl adjacent to an activating group) is 1. The molecular formula is C28H44N2O5. The number of aryl methyl sites for hydroxylation is 1. The molecule has 0 bridgehead atoms. The maximum atomic E-state index is 13.4. The molecule has 1 heterocycles. The van der Waals surface area contributed by atoms with Crippen LogP contribution in [0.2, 0.25) is 0 Å². The predicted octanol–water partition coefficient (Wildman–Crippen LogP) is 4.64. The number of aliphatic carboxylic acids is 1. The summed E-state index contributed by atoms with van der Waals surface area (Å²) in [5, 5.41) is 15.3. The minimum Gasteiger partial charge on any atom is -0.481 e. The second-order valence-corrected chi connectivity index (χ2v) is 10.8. The van der Waals surface area contributed by atoms with Crippen molar-refractivity contribution in [2.45, 2.75) is 91.2 Å². The van der Waals surface area contributed by atoms with E-state index in [0.717, 1.165) is 37.9 Å². The zero-order valence-electron chi connectivity index (χ0n) is 22.1. The number of hydrogen-bond acceptors (Lipinski definition) is 4. The molecule has 1 aliphatic heterocycles. The van der Waals surface area contributed by atoms with Crippen molar-refractivity contribution in [3.63, 3.8) is 0 Å². The Hall–Kier alpha value is -2.41. The van der Waals surface area contributed by atoms with E-state index in [1.165, 1.54) is 5.56 Å². The Morgan fingerprint density at radius 1 is 1.09 bits per heavy atom. The number of ether oxygens (including phenoxy) is 1. The molecule has 196 valence electrons. The normalized spacial score (nSPS) is 18.5. The number of carboxylic acid groups (broad SMARTS) is 1. The molecule has 4 atom stereocenters. The molecule has 2 rings (SSSR count). The summed E-state index contributed by atoms with van der Waals surface area (Å²) in [6, 6.07) is 7.61. The van der Waals surface area contributed by atoms with Crippen LogP contribution in [0.15, 0.2) is 24.3 Å². The second-order valence-electron chi connectivity index (χ2n) is 10.8. The second kappa shape index (κ2) is 13.6. The van der Waals surface area contributed by atoms with Crippen LogP contribution in [0.25, 0.3) is 0 Å². The maximum Gasteiger partial charge on any atom is 0.306 e. The summed E-state index contributed by atoms with van der Waals surface area (Å²) in [5.41, 5.74) is 1.79. The Morgan fingerprint density at radius 3 is 2.29 bits per heavy atom. The number of nitrogens with one attached hydrogen (secondary N) is 2.